The third-order valence-electron chi connectivity index (χ3n) is 3.83. The molecule has 1 aliphatic rings. The smallest absolute Gasteiger partial charge is 0.276 e. The first-order chi connectivity index (χ1) is 10.8. The molecule has 2 aromatic carbocycles. The highest BCUT2D eigenvalue weighted by atomic mass is 19.1. The molecule has 0 unspecified atom stereocenters. The van der Waals surface area contributed by atoms with Crippen molar-refractivity contribution in [1.82, 2.24) is 0 Å². The maximum Gasteiger partial charge on any atom is 0.276 e. The Morgan fingerprint density at radius 3 is 2.52 bits per heavy atom. The minimum Gasteiger partial charge on any atom is -0.484 e. The van der Waals surface area contributed by atoms with Gasteiger partial charge in [0.05, 0.1) is 23.2 Å². The number of nitrogens with zero attached hydrogens (tertiary/aromatic N) is 2. The summed E-state index contributed by atoms with van der Waals surface area (Å²) in [6.45, 7) is 6.08. The van der Waals surface area contributed by atoms with Gasteiger partial charge >= 0.3 is 0 Å². The number of halogens is 1. The van der Waals surface area contributed by atoms with E-state index in [1.54, 1.807) is 25.1 Å². The molecule has 120 valence electrons. The zero-order valence-electron chi connectivity index (χ0n) is 13.2. The van der Waals surface area contributed by atoms with E-state index in [9.17, 15) is 14.5 Å². The quantitative estimate of drug-likeness (QED) is 0.610. The van der Waals surface area contributed by atoms with Crippen LogP contribution in [0.25, 0.3) is 0 Å². The van der Waals surface area contributed by atoms with Gasteiger partial charge in [-0.15, -0.1) is 0 Å². The van der Waals surface area contributed by atoms with Gasteiger partial charge in [0.2, 0.25) is 0 Å². The van der Waals surface area contributed by atoms with Crippen LogP contribution in [0, 0.1) is 22.9 Å². The summed E-state index contributed by atoms with van der Waals surface area (Å²) >= 11 is 0. The molecule has 1 heterocycles. The third kappa shape index (κ3) is 2.84. The monoisotopic (exact) mass is 316 g/mol. The van der Waals surface area contributed by atoms with E-state index in [4.69, 9.17) is 4.74 Å². The highest BCUT2D eigenvalue weighted by Crippen LogP contribution is 2.44. The molecule has 0 bridgehead atoms. The number of nitro groups is 1. The third-order valence-corrected chi connectivity index (χ3v) is 3.83. The molecule has 0 amide bonds. The number of rotatable bonds is 2. The Morgan fingerprint density at radius 1 is 1.26 bits per heavy atom. The predicted octanol–water partition coefficient (Wildman–Crippen LogP) is 4.35. The summed E-state index contributed by atoms with van der Waals surface area (Å²) in [7, 11) is 0. The van der Waals surface area contributed by atoms with Gasteiger partial charge in [-0.3, -0.25) is 10.1 Å². The molecule has 0 atom stereocenters. The van der Waals surface area contributed by atoms with Gasteiger partial charge in [-0.05, 0) is 51.1 Å². The second-order valence-corrected chi connectivity index (χ2v) is 6.29. The number of aryl methyl sites for hydroxylation is 1. The van der Waals surface area contributed by atoms with Crippen molar-refractivity contribution in [3.05, 3.63) is 57.9 Å². The summed E-state index contributed by atoms with van der Waals surface area (Å²) in [5.41, 5.74) is 1.63. The van der Waals surface area contributed by atoms with Crippen LogP contribution >= 0.6 is 0 Å². The second-order valence-electron chi connectivity index (χ2n) is 6.29. The molecule has 23 heavy (non-hydrogen) atoms. The molecule has 6 heteroatoms. The highest BCUT2D eigenvalue weighted by Gasteiger charge is 2.34. The highest BCUT2D eigenvalue weighted by molar-refractivity contribution is 5.74. The van der Waals surface area contributed by atoms with Crippen LogP contribution in [0.4, 0.5) is 21.5 Å². The van der Waals surface area contributed by atoms with E-state index in [2.05, 4.69) is 0 Å². The van der Waals surface area contributed by atoms with Crippen molar-refractivity contribution in [2.24, 2.45) is 0 Å². The number of ether oxygens (including phenoxy) is 1. The molecule has 1 aliphatic heterocycles. The number of anilines is 2. The lowest BCUT2D eigenvalue weighted by Crippen LogP contribution is -2.44. The molecule has 0 spiro atoms. The zero-order chi connectivity index (χ0) is 16.8. The van der Waals surface area contributed by atoms with Gasteiger partial charge in [-0.2, -0.15) is 0 Å². The summed E-state index contributed by atoms with van der Waals surface area (Å²) < 4.78 is 19.1. The summed E-state index contributed by atoms with van der Waals surface area (Å²) in [5.74, 6) is 0.157. The minimum atomic E-state index is -0.523. The number of nitro benzene ring substituents is 1. The van der Waals surface area contributed by atoms with E-state index >= 15 is 0 Å². The molecule has 5 nitrogen and oxygen atoms in total. The van der Waals surface area contributed by atoms with Crippen LogP contribution in [0.3, 0.4) is 0 Å². The fraction of sp³-hybridized carbons (Fsp3) is 0.294. The number of benzene rings is 2. The lowest BCUT2D eigenvalue weighted by atomic mass is 10.0. The fourth-order valence-electron chi connectivity index (χ4n) is 2.80. The lowest BCUT2D eigenvalue weighted by Gasteiger charge is -2.41. The van der Waals surface area contributed by atoms with E-state index in [0.717, 1.165) is 11.4 Å². The van der Waals surface area contributed by atoms with Crippen LogP contribution < -0.4 is 9.64 Å². The van der Waals surface area contributed by atoms with E-state index in [-0.39, 0.29) is 11.5 Å². The van der Waals surface area contributed by atoms with Crippen molar-refractivity contribution in [2.75, 3.05) is 11.4 Å². The first-order valence-corrected chi connectivity index (χ1v) is 7.28. The average molecular weight is 316 g/mol. The van der Waals surface area contributed by atoms with Crippen LogP contribution in [0.2, 0.25) is 0 Å². The lowest BCUT2D eigenvalue weighted by molar-refractivity contribution is -0.385. The number of hydrogen-bond acceptors (Lipinski definition) is 4. The van der Waals surface area contributed by atoms with Gasteiger partial charge in [0, 0.05) is 11.3 Å². The summed E-state index contributed by atoms with van der Waals surface area (Å²) in [6.07, 6.45) is 0. The SMILES string of the molecule is Cc1cc2c(cc1[N+](=O)[O-])OC(C)(C)CN2c1ccc(F)cc1. The molecule has 0 N–H and O–H groups in total. The molecule has 0 saturated heterocycles. The maximum atomic E-state index is 13.2. The van der Waals surface area contributed by atoms with E-state index in [0.29, 0.717) is 17.9 Å². The molecule has 0 fully saturated rings. The average Bonchev–Trinajstić information content (AvgIpc) is 2.46. The fourth-order valence-corrected chi connectivity index (χ4v) is 2.80. The summed E-state index contributed by atoms with van der Waals surface area (Å²) in [6, 6.07) is 9.38. The molecule has 2 aromatic rings. The van der Waals surface area contributed by atoms with Gasteiger partial charge in [0.25, 0.3) is 5.69 Å². The molecule has 0 aliphatic carbocycles. The second kappa shape index (κ2) is 5.22. The van der Waals surface area contributed by atoms with Gasteiger partial charge in [-0.25, -0.2) is 4.39 Å². The first-order valence-electron chi connectivity index (χ1n) is 7.28. The molecular weight excluding hydrogens is 299 g/mol. The Hall–Kier alpha value is -2.63. The Balaban J connectivity index is 2.15. The number of fused-ring (bicyclic) bond motifs is 1. The van der Waals surface area contributed by atoms with Crippen molar-refractivity contribution in [2.45, 2.75) is 26.4 Å². The van der Waals surface area contributed by atoms with Crippen LogP contribution in [0.15, 0.2) is 36.4 Å². The van der Waals surface area contributed by atoms with Crippen molar-refractivity contribution in [3.8, 4) is 5.75 Å². The Bertz CT molecular complexity index is 772. The maximum absolute atomic E-state index is 13.2. The van der Waals surface area contributed by atoms with Crippen LogP contribution in [0.1, 0.15) is 19.4 Å². The van der Waals surface area contributed by atoms with Crippen molar-refractivity contribution in [3.63, 3.8) is 0 Å². The number of hydrogen-bond donors (Lipinski definition) is 0. The Labute approximate surface area is 133 Å². The summed E-state index contributed by atoms with van der Waals surface area (Å²) in [5, 5.41) is 11.2. The van der Waals surface area contributed by atoms with Crippen LogP contribution in [-0.4, -0.2) is 17.1 Å². The van der Waals surface area contributed by atoms with Gasteiger partial charge < -0.3 is 9.64 Å². The molecule has 0 aromatic heterocycles. The van der Waals surface area contributed by atoms with Gasteiger partial charge in [-0.1, -0.05) is 0 Å². The molecular formula is C17H17FN2O3. The first kappa shape index (κ1) is 15.3. The normalized spacial score (nSPS) is 15.7. The van der Waals surface area contributed by atoms with E-state index in [1.807, 2.05) is 18.7 Å². The topological polar surface area (TPSA) is 55.6 Å². The predicted molar refractivity (Wildman–Crippen MR) is 85.9 cm³/mol. The van der Waals surface area contributed by atoms with Crippen molar-refractivity contribution in [1.29, 1.82) is 0 Å². The van der Waals surface area contributed by atoms with E-state index < -0.39 is 10.5 Å². The van der Waals surface area contributed by atoms with Crippen LogP contribution in [0.5, 0.6) is 5.75 Å². The van der Waals surface area contributed by atoms with Crippen LogP contribution in [-0.2, 0) is 0 Å². The zero-order valence-corrected chi connectivity index (χ0v) is 13.2. The largest absolute Gasteiger partial charge is 0.484 e. The molecule has 0 saturated carbocycles. The van der Waals surface area contributed by atoms with E-state index in [1.165, 1.54) is 18.2 Å². The summed E-state index contributed by atoms with van der Waals surface area (Å²) in [4.78, 5) is 12.7. The Kier molecular flexibility index (Phi) is 3.47. The Morgan fingerprint density at radius 2 is 1.91 bits per heavy atom. The van der Waals surface area contributed by atoms with Crippen molar-refractivity contribution < 1.29 is 14.1 Å². The minimum absolute atomic E-state index is 0.0282. The van der Waals surface area contributed by atoms with Gasteiger partial charge in [0.15, 0.2) is 5.75 Å². The molecule has 3 rings (SSSR count). The molecule has 0 radical (unpaired) electrons. The van der Waals surface area contributed by atoms with Gasteiger partial charge in [0.1, 0.15) is 11.4 Å². The van der Waals surface area contributed by atoms with Crippen molar-refractivity contribution >= 4 is 17.1 Å². The standard InChI is InChI=1S/C17H17FN2O3/c1-11-8-15-16(9-14(11)20(21)22)23-17(2,3)10-19(15)13-6-4-12(18)5-7-13/h4-9H,10H2,1-3H3.